The molecule has 0 atom stereocenters. The fourth-order valence-corrected chi connectivity index (χ4v) is 2.40. The van der Waals surface area contributed by atoms with Gasteiger partial charge in [0.1, 0.15) is 0 Å². The van der Waals surface area contributed by atoms with Crippen LogP contribution in [0.15, 0.2) is 60.8 Å². The monoisotopic (exact) mass is 311 g/mol. The van der Waals surface area contributed by atoms with Crippen LogP contribution in [-0.2, 0) is 7.05 Å². The van der Waals surface area contributed by atoms with Crippen LogP contribution in [-0.4, -0.2) is 15.5 Å². The number of aromatic nitrogens is 2. The summed E-state index contributed by atoms with van der Waals surface area (Å²) < 4.78 is 1.83. The Labute approximate surface area is 133 Å². The average molecular weight is 312 g/mol. The highest BCUT2D eigenvalue weighted by atomic mass is 35.5. The van der Waals surface area contributed by atoms with E-state index in [1.807, 2.05) is 54.1 Å². The molecular weight excluding hydrogens is 298 g/mol. The van der Waals surface area contributed by atoms with Gasteiger partial charge in [-0.3, -0.25) is 10.1 Å². The predicted molar refractivity (Wildman–Crippen MR) is 88.0 cm³/mol. The standard InChI is InChI=1S/C17H14ClN3O/c1-21-15(13-8-5-9-14(18)10-13)11-19-17(21)20-16(22)12-6-3-2-4-7-12/h2-11H,1H3,(H,19,20,22). The fourth-order valence-electron chi connectivity index (χ4n) is 2.20. The number of rotatable bonds is 3. The molecular formula is C17H14ClN3O. The zero-order chi connectivity index (χ0) is 15.5. The summed E-state index contributed by atoms with van der Waals surface area (Å²) in [6, 6.07) is 16.6. The van der Waals surface area contributed by atoms with E-state index in [1.165, 1.54) is 0 Å². The van der Waals surface area contributed by atoms with Gasteiger partial charge in [-0.2, -0.15) is 0 Å². The third-order valence-corrected chi connectivity index (χ3v) is 3.60. The van der Waals surface area contributed by atoms with Gasteiger partial charge in [-0.05, 0) is 24.3 Å². The second kappa shape index (κ2) is 6.03. The number of halogens is 1. The van der Waals surface area contributed by atoms with Crippen molar-refractivity contribution in [3.63, 3.8) is 0 Å². The van der Waals surface area contributed by atoms with Crippen molar-refractivity contribution in [3.05, 3.63) is 71.4 Å². The first-order chi connectivity index (χ1) is 10.6. The van der Waals surface area contributed by atoms with Crippen molar-refractivity contribution in [1.29, 1.82) is 0 Å². The molecule has 110 valence electrons. The van der Waals surface area contributed by atoms with Crippen LogP contribution in [0.3, 0.4) is 0 Å². The molecule has 0 saturated carbocycles. The number of carbonyl (C=O) groups excluding carboxylic acids is 1. The molecule has 22 heavy (non-hydrogen) atoms. The summed E-state index contributed by atoms with van der Waals surface area (Å²) in [5.74, 6) is 0.302. The van der Waals surface area contributed by atoms with Crippen LogP contribution in [0.5, 0.6) is 0 Å². The maximum Gasteiger partial charge on any atom is 0.257 e. The first-order valence-electron chi connectivity index (χ1n) is 6.79. The fraction of sp³-hybridized carbons (Fsp3) is 0.0588. The third kappa shape index (κ3) is 2.87. The van der Waals surface area contributed by atoms with Crippen LogP contribution in [0.4, 0.5) is 5.95 Å². The highest BCUT2D eigenvalue weighted by Gasteiger charge is 2.12. The minimum atomic E-state index is -0.188. The second-order valence-corrected chi connectivity index (χ2v) is 5.29. The molecule has 0 fully saturated rings. The summed E-state index contributed by atoms with van der Waals surface area (Å²) in [4.78, 5) is 16.5. The number of benzene rings is 2. The van der Waals surface area contributed by atoms with E-state index in [4.69, 9.17) is 11.6 Å². The van der Waals surface area contributed by atoms with E-state index in [0.29, 0.717) is 16.5 Å². The molecule has 0 saturated heterocycles. The van der Waals surface area contributed by atoms with Gasteiger partial charge in [-0.1, -0.05) is 41.9 Å². The van der Waals surface area contributed by atoms with Crippen LogP contribution in [0.1, 0.15) is 10.4 Å². The molecule has 1 N–H and O–H groups in total. The summed E-state index contributed by atoms with van der Waals surface area (Å²) in [6.45, 7) is 0. The van der Waals surface area contributed by atoms with Gasteiger partial charge in [0.05, 0.1) is 11.9 Å². The Hall–Kier alpha value is -2.59. The molecule has 0 aliphatic carbocycles. The summed E-state index contributed by atoms with van der Waals surface area (Å²) >= 11 is 6.02. The summed E-state index contributed by atoms with van der Waals surface area (Å²) in [6.07, 6.45) is 1.71. The van der Waals surface area contributed by atoms with Crippen molar-refractivity contribution < 1.29 is 4.79 Å². The van der Waals surface area contributed by atoms with Crippen molar-refractivity contribution in [2.45, 2.75) is 0 Å². The average Bonchev–Trinajstić information content (AvgIpc) is 2.89. The van der Waals surface area contributed by atoms with Crippen LogP contribution < -0.4 is 5.32 Å². The van der Waals surface area contributed by atoms with Crippen molar-refractivity contribution in [3.8, 4) is 11.3 Å². The lowest BCUT2D eigenvalue weighted by molar-refractivity contribution is 0.102. The molecule has 1 aromatic heterocycles. The first kappa shape index (κ1) is 14.4. The highest BCUT2D eigenvalue weighted by Crippen LogP contribution is 2.24. The number of imidazole rings is 1. The summed E-state index contributed by atoms with van der Waals surface area (Å²) in [5.41, 5.74) is 2.42. The first-order valence-corrected chi connectivity index (χ1v) is 7.17. The SMILES string of the molecule is Cn1c(-c2cccc(Cl)c2)cnc1NC(=O)c1ccccc1. The quantitative estimate of drug-likeness (QED) is 0.795. The van der Waals surface area contributed by atoms with E-state index in [0.717, 1.165) is 11.3 Å². The number of hydrogen-bond donors (Lipinski definition) is 1. The van der Waals surface area contributed by atoms with Crippen LogP contribution in [0, 0.1) is 0 Å². The third-order valence-electron chi connectivity index (χ3n) is 3.37. The van der Waals surface area contributed by atoms with Crippen LogP contribution in [0.2, 0.25) is 5.02 Å². The zero-order valence-corrected chi connectivity index (χ0v) is 12.7. The van der Waals surface area contributed by atoms with Gasteiger partial charge in [-0.25, -0.2) is 4.98 Å². The Balaban J connectivity index is 1.87. The Morgan fingerprint density at radius 1 is 1.14 bits per heavy atom. The molecule has 0 radical (unpaired) electrons. The number of nitrogens with zero attached hydrogens (tertiary/aromatic N) is 2. The molecule has 3 rings (SSSR count). The number of carbonyl (C=O) groups is 1. The maximum absolute atomic E-state index is 12.2. The number of hydrogen-bond acceptors (Lipinski definition) is 2. The lowest BCUT2D eigenvalue weighted by atomic mass is 10.2. The minimum Gasteiger partial charge on any atom is -0.313 e. The molecule has 3 aromatic rings. The highest BCUT2D eigenvalue weighted by molar-refractivity contribution is 6.30. The molecule has 0 bridgehead atoms. The van der Waals surface area contributed by atoms with E-state index in [-0.39, 0.29) is 5.91 Å². The number of anilines is 1. The lowest BCUT2D eigenvalue weighted by Gasteiger charge is -2.08. The van der Waals surface area contributed by atoms with Gasteiger partial charge in [0, 0.05) is 23.2 Å². The summed E-state index contributed by atoms with van der Waals surface area (Å²) in [7, 11) is 1.85. The molecule has 4 nitrogen and oxygen atoms in total. The van der Waals surface area contributed by atoms with Gasteiger partial charge in [0.2, 0.25) is 5.95 Å². The van der Waals surface area contributed by atoms with Crippen LogP contribution >= 0.6 is 11.6 Å². The Bertz CT molecular complexity index is 812. The molecule has 1 heterocycles. The molecule has 0 aliphatic heterocycles. The Morgan fingerprint density at radius 3 is 2.64 bits per heavy atom. The largest absolute Gasteiger partial charge is 0.313 e. The van der Waals surface area contributed by atoms with Crippen molar-refractivity contribution >= 4 is 23.5 Å². The van der Waals surface area contributed by atoms with Gasteiger partial charge >= 0.3 is 0 Å². The molecule has 2 aromatic carbocycles. The second-order valence-electron chi connectivity index (χ2n) is 4.86. The lowest BCUT2D eigenvalue weighted by Crippen LogP contribution is -2.15. The topological polar surface area (TPSA) is 46.9 Å². The van der Waals surface area contributed by atoms with E-state index in [2.05, 4.69) is 10.3 Å². The van der Waals surface area contributed by atoms with Crippen molar-refractivity contribution in [2.75, 3.05) is 5.32 Å². The maximum atomic E-state index is 12.2. The van der Waals surface area contributed by atoms with Gasteiger partial charge < -0.3 is 4.57 Å². The normalized spacial score (nSPS) is 10.5. The Kier molecular flexibility index (Phi) is 3.94. The zero-order valence-electron chi connectivity index (χ0n) is 12.0. The van der Waals surface area contributed by atoms with Gasteiger partial charge in [0.25, 0.3) is 5.91 Å². The van der Waals surface area contributed by atoms with E-state index in [1.54, 1.807) is 18.3 Å². The van der Waals surface area contributed by atoms with E-state index < -0.39 is 0 Å². The number of nitrogens with one attached hydrogen (secondary N) is 1. The van der Waals surface area contributed by atoms with Gasteiger partial charge in [0.15, 0.2) is 0 Å². The smallest absolute Gasteiger partial charge is 0.257 e. The molecule has 1 amide bonds. The predicted octanol–water partition coefficient (Wildman–Crippen LogP) is 3.99. The molecule has 0 aliphatic rings. The molecule has 0 unspecified atom stereocenters. The minimum absolute atomic E-state index is 0.188. The van der Waals surface area contributed by atoms with Gasteiger partial charge in [-0.15, -0.1) is 0 Å². The van der Waals surface area contributed by atoms with Crippen LogP contribution in [0.25, 0.3) is 11.3 Å². The van der Waals surface area contributed by atoms with E-state index >= 15 is 0 Å². The van der Waals surface area contributed by atoms with Crippen molar-refractivity contribution in [1.82, 2.24) is 9.55 Å². The molecule has 5 heteroatoms. The van der Waals surface area contributed by atoms with Crippen molar-refractivity contribution in [2.24, 2.45) is 7.05 Å². The number of amides is 1. The Morgan fingerprint density at radius 2 is 1.91 bits per heavy atom. The van der Waals surface area contributed by atoms with E-state index in [9.17, 15) is 4.79 Å². The summed E-state index contributed by atoms with van der Waals surface area (Å²) in [5, 5.41) is 3.47. The molecule has 0 spiro atoms.